The first-order valence-corrected chi connectivity index (χ1v) is 8.24. The molecule has 0 aliphatic carbocycles. The number of benzene rings is 1. The van der Waals surface area contributed by atoms with E-state index in [4.69, 9.17) is 4.52 Å². The smallest absolute Gasteiger partial charge is 0.262 e. The van der Waals surface area contributed by atoms with Crippen LogP contribution in [-0.4, -0.2) is 29.3 Å². The van der Waals surface area contributed by atoms with Crippen molar-refractivity contribution in [1.29, 1.82) is 0 Å². The van der Waals surface area contributed by atoms with Crippen molar-refractivity contribution in [3.05, 3.63) is 46.3 Å². The first-order chi connectivity index (χ1) is 11.6. The number of hydrogen-bond donors (Lipinski definition) is 0. The summed E-state index contributed by atoms with van der Waals surface area (Å²) in [6.45, 7) is 3.74. The van der Waals surface area contributed by atoms with Gasteiger partial charge in [0.2, 0.25) is 11.7 Å². The molecule has 122 valence electrons. The van der Waals surface area contributed by atoms with Crippen LogP contribution in [0, 0.1) is 6.92 Å². The molecule has 4 rings (SSSR count). The van der Waals surface area contributed by atoms with Crippen molar-refractivity contribution in [1.82, 2.24) is 29.3 Å². The van der Waals surface area contributed by atoms with E-state index >= 15 is 0 Å². The minimum Gasteiger partial charge on any atom is -0.338 e. The number of para-hydroxylation sites is 1. The number of fused-ring (bicyclic) bond motifs is 3. The monoisotopic (exact) mass is 342 g/mol. The molecule has 24 heavy (non-hydrogen) atoms. The summed E-state index contributed by atoms with van der Waals surface area (Å²) < 4.78 is 8.60. The molecule has 0 bridgehead atoms. The number of hydrogen-bond acceptors (Lipinski definition) is 7. The van der Waals surface area contributed by atoms with Crippen molar-refractivity contribution in [2.75, 3.05) is 0 Å². The van der Waals surface area contributed by atoms with Crippen molar-refractivity contribution in [3.8, 4) is 0 Å². The molecule has 1 unspecified atom stereocenters. The lowest BCUT2D eigenvalue weighted by Gasteiger charge is -2.08. The second-order valence-electron chi connectivity index (χ2n) is 5.44. The predicted octanol–water partition coefficient (Wildman–Crippen LogP) is 2.13. The van der Waals surface area contributed by atoms with Crippen LogP contribution in [0.4, 0.5) is 0 Å². The van der Waals surface area contributed by atoms with E-state index in [0.717, 1.165) is 5.52 Å². The van der Waals surface area contributed by atoms with Crippen LogP contribution in [0.5, 0.6) is 0 Å². The Morgan fingerprint density at radius 3 is 2.79 bits per heavy atom. The molecule has 9 heteroatoms. The number of aromatic nitrogens is 6. The SMILES string of the molecule is Cc1noc(C(C)Sc2nnc3n(C)c(=O)c4ccccc4n23)n1. The van der Waals surface area contributed by atoms with Gasteiger partial charge in [-0.2, -0.15) is 4.98 Å². The van der Waals surface area contributed by atoms with Crippen LogP contribution in [0.2, 0.25) is 0 Å². The maximum Gasteiger partial charge on any atom is 0.262 e. The van der Waals surface area contributed by atoms with Crippen molar-refractivity contribution >= 4 is 28.4 Å². The topological polar surface area (TPSA) is 91.1 Å². The molecule has 0 saturated heterocycles. The van der Waals surface area contributed by atoms with E-state index in [0.29, 0.717) is 28.0 Å². The second-order valence-corrected chi connectivity index (χ2v) is 6.75. The molecule has 0 aliphatic heterocycles. The van der Waals surface area contributed by atoms with Gasteiger partial charge in [-0.25, -0.2) is 0 Å². The fourth-order valence-corrected chi connectivity index (χ4v) is 3.46. The van der Waals surface area contributed by atoms with Gasteiger partial charge in [-0.05, 0) is 26.0 Å². The lowest BCUT2D eigenvalue weighted by molar-refractivity contribution is 0.376. The highest BCUT2D eigenvalue weighted by molar-refractivity contribution is 7.99. The third kappa shape index (κ3) is 2.20. The number of aryl methyl sites for hydroxylation is 2. The Labute approximate surface area is 140 Å². The molecule has 4 aromatic rings. The van der Waals surface area contributed by atoms with Gasteiger partial charge in [0.1, 0.15) is 0 Å². The minimum atomic E-state index is -0.0948. The van der Waals surface area contributed by atoms with Gasteiger partial charge in [0.05, 0.1) is 16.2 Å². The fraction of sp³-hybridized carbons (Fsp3) is 0.267. The summed E-state index contributed by atoms with van der Waals surface area (Å²) in [4.78, 5) is 16.7. The van der Waals surface area contributed by atoms with E-state index in [1.54, 1.807) is 20.0 Å². The summed E-state index contributed by atoms with van der Waals surface area (Å²) in [5.41, 5.74) is 0.680. The van der Waals surface area contributed by atoms with E-state index in [1.807, 2.05) is 29.5 Å². The van der Waals surface area contributed by atoms with Gasteiger partial charge in [0.15, 0.2) is 11.0 Å². The molecule has 0 fully saturated rings. The highest BCUT2D eigenvalue weighted by atomic mass is 32.2. The Morgan fingerprint density at radius 2 is 2.04 bits per heavy atom. The standard InChI is InChI=1S/C15H14N6O2S/c1-8(12-16-9(2)19-23-12)24-15-18-17-14-20(3)13(22)10-6-4-5-7-11(10)21(14)15/h4-8H,1-3H3. The molecule has 0 N–H and O–H groups in total. The zero-order chi connectivity index (χ0) is 16.8. The Morgan fingerprint density at radius 1 is 1.25 bits per heavy atom. The Hall–Kier alpha value is -2.68. The van der Waals surface area contributed by atoms with Gasteiger partial charge in [0, 0.05) is 7.05 Å². The molecule has 3 heterocycles. The van der Waals surface area contributed by atoms with Crippen LogP contribution in [0.3, 0.4) is 0 Å². The lowest BCUT2D eigenvalue weighted by Crippen LogP contribution is -2.20. The minimum absolute atomic E-state index is 0.0883. The summed E-state index contributed by atoms with van der Waals surface area (Å²) in [7, 11) is 1.69. The summed E-state index contributed by atoms with van der Waals surface area (Å²) >= 11 is 1.45. The van der Waals surface area contributed by atoms with E-state index in [-0.39, 0.29) is 10.8 Å². The van der Waals surface area contributed by atoms with Gasteiger partial charge in [-0.3, -0.25) is 13.8 Å². The van der Waals surface area contributed by atoms with Gasteiger partial charge in [-0.15, -0.1) is 10.2 Å². The highest BCUT2D eigenvalue weighted by Crippen LogP contribution is 2.33. The van der Waals surface area contributed by atoms with Crippen molar-refractivity contribution < 1.29 is 4.52 Å². The summed E-state index contributed by atoms with van der Waals surface area (Å²) in [5, 5.41) is 13.4. The third-order valence-corrected chi connectivity index (χ3v) is 4.80. The summed E-state index contributed by atoms with van der Waals surface area (Å²) in [5.74, 6) is 1.62. The third-order valence-electron chi connectivity index (χ3n) is 3.77. The molecule has 0 amide bonds. The number of thioether (sulfide) groups is 1. The van der Waals surface area contributed by atoms with Crippen LogP contribution in [0.25, 0.3) is 16.7 Å². The van der Waals surface area contributed by atoms with Crippen LogP contribution >= 0.6 is 11.8 Å². The quantitative estimate of drug-likeness (QED) is 0.527. The van der Waals surface area contributed by atoms with Gasteiger partial charge < -0.3 is 4.52 Å². The molecule has 0 spiro atoms. The number of rotatable bonds is 3. The van der Waals surface area contributed by atoms with Crippen LogP contribution in [0.15, 0.2) is 38.7 Å². The van der Waals surface area contributed by atoms with E-state index in [1.165, 1.54) is 16.3 Å². The molecule has 0 saturated carbocycles. The average molecular weight is 342 g/mol. The van der Waals surface area contributed by atoms with E-state index in [9.17, 15) is 4.79 Å². The molecule has 3 aromatic heterocycles. The van der Waals surface area contributed by atoms with Crippen molar-refractivity contribution in [2.24, 2.45) is 7.05 Å². The summed E-state index contributed by atoms with van der Waals surface area (Å²) in [6.07, 6.45) is 0. The van der Waals surface area contributed by atoms with E-state index in [2.05, 4.69) is 20.3 Å². The van der Waals surface area contributed by atoms with Crippen LogP contribution in [-0.2, 0) is 7.05 Å². The fourth-order valence-electron chi connectivity index (χ4n) is 2.57. The van der Waals surface area contributed by atoms with Crippen molar-refractivity contribution in [2.45, 2.75) is 24.3 Å². The molecular formula is C15H14N6O2S. The Bertz CT molecular complexity index is 1110. The zero-order valence-electron chi connectivity index (χ0n) is 13.3. The predicted molar refractivity (Wildman–Crippen MR) is 89.0 cm³/mol. The molecule has 8 nitrogen and oxygen atoms in total. The maximum absolute atomic E-state index is 12.4. The van der Waals surface area contributed by atoms with Gasteiger partial charge >= 0.3 is 0 Å². The maximum atomic E-state index is 12.4. The van der Waals surface area contributed by atoms with Crippen LogP contribution in [0.1, 0.15) is 23.9 Å². The van der Waals surface area contributed by atoms with Gasteiger partial charge in [-0.1, -0.05) is 29.1 Å². The Balaban J connectivity index is 1.89. The molecular weight excluding hydrogens is 328 g/mol. The second kappa shape index (κ2) is 5.45. The average Bonchev–Trinajstić information content (AvgIpc) is 3.19. The number of nitrogens with zero attached hydrogens (tertiary/aromatic N) is 6. The highest BCUT2D eigenvalue weighted by Gasteiger charge is 2.20. The summed E-state index contributed by atoms with van der Waals surface area (Å²) in [6, 6.07) is 7.42. The largest absolute Gasteiger partial charge is 0.338 e. The normalized spacial score (nSPS) is 13.0. The van der Waals surface area contributed by atoms with Crippen molar-refractivity contribution in [3.63, 3.8) is 0 Å². The lowest BCUT2D eigenvalue weighted by atomic mass is 10.2. The first-order valence-electron chi connectivity index (χ1n) is 7.36. The molecule has 0 aliphatic rings. The zero-order valence-corrected chi connectivity index (χ0v) is 14.1. The van der Waals surface area contributed by atoms with Gasteiger partial charge in [0.25, 0.3) is 5.56 Å². The van der Waals surface area contributed by atoms with E-state index < -0.39 is 0 Å². The Kier molecular flexibility index (Phi) is 3.38. The first kappa shape index (κ1) is 14.9. The molecule has 1 atom stereocenters. The molecule has 1 aromatic carbocycles. The molecule has 0 radical (unpaired) electrons. The van der Waals surface area contributed by atoms with Crippen LogP contribution < -0.4 is 5.56 Å².